The van der Waals surface area contributed by atoms with Crippen LogP contribution in [0.25, 0.3) is 0 Å². The third kappa shape index (κ3) is 2.38. The smallest absolute Gasteiger partial charge is 0.254 e. The molecule has 0 aromatic heterocycles. The summed E-state index contributed by atoms with van der Waals surface area (Å²) < 4.78 is 13.6. The van der Waals surface area contributed by atoms with Gasteiger partial charge in [0.25, 0.3) is 5.91 Å². The maximum atomic E-state index is 13.6. The Morgan fingerprint density at radius 1 is 1.32 bits per heavy atom. The Balaban J connectivity index is 2.02. The minimum absolute atomic E-state index is 0.0590. The fourth-order valence-electron chi connectivity index (χ4n) is 2.82. The Hall–Kier alpha value is -1.03. The van der Waals surface area contributed by atoms with Crippen molar-refractivity contribution < 1.29 is 9.18 Å². The van der Waals surface area contributed by atoms with Crippen molar-refractivity contribution in [3.05, 3.63) is 29.6 Å². The summed E-state index contributed by atoms with van der Waals surface area (Å²) in [5, 5.41) is 2.83. The minimum Gasteiger partial charge on any atom is -0.352 e. The standard InChI is InChI=1S/C15H20FNOS/c1-14(2)12(15(14,3)4)8-17-13(18)10-7-9(19)5-6-11(10)16/h5-7,12,19H,8H2,1-4H3,(H,17,18). The van der Waals surface area contributed by atoms with Crippen LogP contribution in [-0.2, 0) is 0 Å². The van der Waals surface area contributed by atoms with E-state index in [0.717, 1.165) is 0 Å². The number of hydrogen-bond donors (Lipinski definition) is 2. The lowest BCUT2D eigenvalue weighted by Crippen LogP contribution is -2.27. The summed E-state index contributed by atoms with van der Waals surface area (Å²) in [6.45, 7) is 9.35. The molecule has 19 heavy (non-hydrogen) atoms. The Labute approximate surface area is 119 Å². The van der Waals surface area contributed by atoms with Gasteiger partial charge in [-0.1, -0.05) is 27.7 Å². The van der Waals surface area contributed by atoms with E-state index >= 15 is 0 Å². The highest BCUT2D eigenvalue weighted by Crippen LogP contribution is 2.67. The van der Waals surface area contributed by atoms with Gasteiger partial charge < -0.3 is 5.32 Å². The van der Waals surface area contributed by atoms with Gasteiger partial charge in [-0.05, 0) is 34.9 Å². The van der Waals surface area contributed by atoms with Crippen molar-refractivity contribution in [2.75, 3.05) is 6.54 Å². The zero-order valence-electron chi connectivity index (χ0n) is 11.7. The molecule has 1 aliphatic rings. The first-order valence-corrected chi connectivity index (χ1v) is 6.89. The highest BCUT2D eigenvalue weighted by Gasteiger charge is 2.64. The lowest BCUT2D eigenvalue weighted by atomic mass is 10.0. The molecular formula is C15H20FNOS. The van der Waals surface area contributed by atoms with E-state index in [4.69, 9.17) is 0 Å². The van der Waals surface area contributed by atoms with Crippen LogP contribution in [-0.4, -0.2) is 12.5 Å². The molecular weight excluding hydrogens is 261 g/mol. The lowest BCUT2D eigenvalue weighted by molar-refractivity contribution is 0.0945. The summed E-state index contributed by atoms with van der Waals surface area (Å²) in [6, 6.07) is 4.25. The first-order chi connectivity index (χ1) is 8.68. The summed E-state index contributed by atoms with van der Waals surface area (Å²) >= 11 is 4.13. The van der Waals surface area contributed by atoms with Gasteiger partial charge in [0, 0.05) is 11.4 Å². The second-order valence-electron chi connectivity index (χ2n) is 6.37. The molecule has 2 nitrogen and oxygen atoms in total. The van der Waals surface area contributed by atoms with Crippen LogP contribution >= 0.6 is 12.6 Å². The number of thiol groups is 1. The quantitative estimate of drug-likeness (QED) is 0.815. The van der Waals surface area contributed by atoms with Crippen LogP contribution in [0, 0.1) is 22.6 Å². The first kappa shape index (κ1) is 14.4. The number of carbonyl (C=O) groups is 1. The molecule has 1 amide bonds. The molecule has 4 heteroatoms. The molecule has 1 aromatic rings. The van der Waals surface area contributed by atoms with Crippen molar-refractivity contribution in [1.82, 2.24) is 5.32 Å². The number of nitrogens with one attached hydrogen (secondary N) is 1. The Morgan fingerprint density at radius 3 is 2.42 bits per heavy atom. The highest BCUT2D eigenvalue weighted by atomic mass is 32.1. The van der Waals surface area contributed by atoms with E-state index in [-0.39, 0.29) is 22.3 Å². The van der Waals surface area contributed by atoms with E-state index in [1.165, 1.54) is 18.2 Å². The molecule has 0 unspecified atom stereocenters. The highest BCUT2D eigenvalue weighted by molar-refractivity contribution is 7.80. The van der Waals surface area contributed by atoms with E-state index in [2.05, 4.69) is 45.6 Å². The number of rotatable bonds is 3. The fraction of sp³-hybridized carbons (Fsp3) is 0.533. The molecule has 2 rings (SSSR count). The topological polar surface area (TPSA) is 29.1 Å². The zero-order chi connectivity index (χ0) is 14.4. The van der Waals surface area contributed by atoms with E-state index in [1.807, 2.05) is 0 Å². The number of halogens is 1. The maximum absolute atomic E-state index is 13.6. The minimum atomic E-state index is -0.510. The zero-order valence-corrected chi connectivity index (χ0v) is 12.6. The van der Waals surface area contributed by atoms with Crippen LogP contribution < -0.4 is 5.32 Å². The van der Waals surface area contributed by atoms with Crippen molar-refractivity contribution in [3.63, 3.8) is 0 Å². The lowest BCUT2D eigenvalue weighted by Gasteiger charge is -2.08. The van der Waals surface area contributed by atoms with E-state index < -0.39 is 5.82 Å². The van der Waals surface area contributed by atoms with Crippen molar-refractivity contribution in [2.24, 2.45) is 16.7 Å². The average Bonchev–Trinajstić information content (AvgIpc) is 2.70. The molecule has 1 aromatic carbocycles. The monoisotopic (exact) mass is 281 g/mol. The maximum Gasteiger partial charge on any atom is 0.254 e. The van der Waals surface area contributed by atoms with Gasteiger partial charge in [0.1, 0.15) is 5.82 Å². The molecule has 0 atom stereocenters. The SMILES string of the molecule is CC1(C)C(CNC(=O)c2cc(S)ccc2F)C1(C)C. The number of hydrogen-bond acceptors (Lipinski definition) is 2. The molecule has 104 valence electrons. The summed E-state index contributed by atoms with van der Waals surface area (Å²) in [4.78, 5) is 12.6. The van der Waals surface area contributed by atoms with Crippen LogP contribution in [0.15, 0.2) is 23.1 Å². The van der Waals surface area contributed by atoms with Crippen molar-refractivity contribution in [2.45, 2.75) is 32.6 Å². The molecule has 0 bridgehead atoms. The molecule has 1 N–H and O–H groups in total. The van der Waals surface area contributed by atoms with Crippen LogP contribution in [0.1, 0.15) is 38.1 Å². The van der Waals surface area contributed by atoms with Crippen molar-refractivity contribution in [1.29, 1.82) is 0 Å². The summed E-state index contributed by atoms with van der Waals surface area (Å²) in [7, 11) is 0. The van der Waals surface area contributed by atoms with Gasteiger partial charge in [-0.25, -0.2) is 4.39 Å². The molecule has 0 spiro atoms. The summed E-state index contributed by atoms with van der Waals surface area (Å²) in [6.07, 6.45) is 0. The number of amides is 1. The van der Waals surface area contributed by atoms with Gasteiger partial charge in [-0.2, -0.15) is 0 Å². The molecule has 0 saturated heterocycles. The van der Waals surface area contributed by atoms with Crippen molar-refractivity contribution in [3.8, 4) is 0 Å². The van der Waals surface area contributed by atoms with Crippen LogP contribution in [0.4, 0.5) is 4.39 Å². The van der Waals surface area contributed by atoms with E-state index in [0.29, 0.717) is 17.4 Å². The second-order valence-corrected chi connectivity index (χ2v) is 6.89. The fourth-order valence-corrected chi connectivity index (χ4v) is 3.02. The molecule has 0 radical (unpaired) electrons. The first-order valence-electron chi connectivity index (χ1n) is 6.44. The summed E-state index contributed by atoms with van der Waals surface area (Å²) in [5.41, 5.74) is 0.484. The Kier molecular flexibility index (Phi) is 3.42. The van der Waals surface area contributed by atoms with Crippen LogP contribution in [0.5, 0.6) is 0 Å². The van der Waals surface area contributed by atoms with Gasteiger partial charge in [0.05, 0.1) is 5.56 Å². The second kappa shape index (κ2) is 4.51. The summed E-state index contributed by atoms with van der Waals surface area (Å²) in [5.74, 6) is -0.456. The van der Waals surface area contributed by atoms with E-state index in [1.54, 1.807) is 0 Å². The Morgan fingerprint density at radius 2 is 1.89 bits per heavy atom. The van der Waals surface area contributed by atoms with Gasteiger partial charge in [-0.3, -0.25) is 4.79 Å². The third-order valence-electron chi connectivity index (χ3n) is 4.98. The van der Waals surface area contributed by atoms with Crippen molar-refractivity contribution >= 4 is 18.5 Å². The predicted molar refractivity (Wildman–Crippen MR) is 77.0 cm³/mol. The van der Waals surface area contributed by atoms with Crippen LogP contribution in [0.3, 0.4) is 0 Å². The van der Waals surface area contributed by atoms with Crippen LogP contribution in [0.2, 0.25) is 0 Å². The normalized spacial score (nSPS) is 20.1. The largest absolute Gasteiger partial charge is 0.352 e. The molecule has 1 saturated carbocycles. The third-order valence-corrected chi connectivity index (χ3v) is 5.26. The Bertz CT molecular complexity index is 511. The van der Waals surface area contributed by atoms with Gasteiger partial charge in [0.15, 0.2) is 0 Å². The number of benzene rings is 1. The predicted octanol–water partition coefficient (Wildman–Crippen LogP) is 3.53. The molecule has 0 aliphatic heterocycles. The van der Waals surface area contributed by atoms with Gasteiger partial charge in [0.2, 0.25) is 0 Å². The molecule has 1 aliphatic carbocycles. The van der Waals surface area contributed by atoms with Gasteiger partial charge >= 0.3 is 0 Å². The molecule has 0 heterocycles. The van der Waals surface area contributed by atoms with Gasteiger partial charge in [-0.15, -0.1) is 12.6 Å². The number of carbonyl (C=O) groups excluding carboxylic acids is 1. The van der Waals surface area contributed by atoms with E-state index in [9.17, 15) is 9.18 Å². The molecule has 1 fully saturated rings. The average molecular weight is 281 g/mol.